The Morgan fingerprint density at radius 1 is 1.47 bits per heavy atom. The van der Waals surface area contributed by atoms with Crippen molar-refractivity contribution >= 4 is 17.6 Å². The Bertz CT molecular complexity index is 510. The summed E-state index contributed by atoms with van der Waals surface area (Å²) in [6, 6.07) is 5.45. The molecule has 0 spiro atoms. The van der Waals surface area contributed by atoms with Gasteiger partial charge in [-0.3, -0.25) is 9.59 Å². The number of fused-ring (bicyclic) bond motifs is 1. The highest BCUT2D eigenvalue weighted by atomic mass is 16.5. The molecule has 1 aliphatic rings. The standard InChI is InChI=1S/C14H17NO4/c1-8(2)10(6-14(17)18)9-3-4-12-11(5-9)15-13(16)7-19-12/h3-5,8,10H,6-7H2,1-2H3,(H,15,16)(H,17,18). The van der Waals surface area contributed by atoms with Crippen LogP contribution < -0.4 is 10.1 Å². The largest absolute Gasteiger partial charge is 0.482 e. The van der Waals surface area contributed by atoms with Crippen molar-refractivity contribution in [2.24, 2.45) is 5.92 Å². The number of hydrogen-bond acceptors (Lipinski definition) is 3. The highest BCUT2D eigenvalue weighted by Gasteiger charge is 2.22. The van der Waals surface area contributed by atoms with Crippen LogP contribution in [0.2, 0.25) is 0 Å². The van der Waals surface area contributed by atoms with Crippen LogP contribution in [0.1, 0.15) is 31.7 Å². The van der Waals surface area contributed by atoms with Gasteiger partial charge in [0.2, 0.25) is 0 Å². The number of anilines is 1. The van der Waals surface area contributed by atoms with Gasteiger partial charge >= 0.3 is 5.97 Å². The average Bonchev–Trinajstić information content (AvgIpc) is 2.34. The van der Waals surface area contributed by atoms with E-state index in [-0.39, 0.29) is 30.8 Å². The van der Waals surface area contributed by atoms with E-state index < -0.39 is 5.97 Å². The van der Waals surface area contributed by atoms with Crippen molar-refractivity contribution < 1.29 is 19.4 Å². The third kappa shape index (κ3) is 3.05. The fourth-order valence-electron chi connectivity index (χ4n) is 2.26. The summed E-state index contributed by atoms with van der Waals surface area (Å²) in [5, 5.41) is 11.7. The van der Waals surface area contributed by atoms with Crippen molar-refractivity contribution in [1.29, 1.82) is 0 Å². The van der Waals surface area contributed by atoms with Gasteiger partial charge in [-0.15, -0.1) is 0 Å². The molecular formula is C14H17NO4. The fourth-order valence-corrected chi connectivity index (χ4v) is 2.26. The van der Waals surface area contributed by atoms with Gasteiger partial charge in [0.1, 0.15) is 5.75 Å². The zero-order valence-electron chi connectivity index (χ0n) is 11.0. The molecular weight excluding hydrogens is 246 g/mol. The Kier molecular flexibility index (Phi) is 3.74. The summed E-state index contributed by atoms with van der Waals surface area (Å²) in [6.07, 6.45) is 0.0747. The van der Waals surface area contributed by atoms with Gasteiger partial charge in [-0.05, 0) is 29.5 Å². The van der Waals surface area contributed by atoms with Crippen LogP contribution in [0.4, 0.5) is 5.69 Å². The summed E-state index contributed by atoms with van der Waals surface area (Å²) < 4.78 is 5.28. The minimum atomic E-state index is -0.822. The van der Waals surface area contributed by atoms with Crippen molar-refractivity contribution in [3.05, 3.63) is 23.8 Å². The zero-order chi connectivity index (χ0) is 14.0. The van der Waals surface area contributed by atoms with Gasteiger partial charge in [0, 0.05) is 0 Å². The van der Waals surface area contributed by atoms with E-state index in [0.29, 0.717) is 11.4 Å². The fraction of sp³-hybridized carbons (Fsp3) is 0.429. The van der Waals surface area contributed by atoms with E-state index in [1.807, 2.05) is 19.9 Å². The first-order valence-corrected chi connectivity index (χ1v) is 6.25. The topological polar surface area (TPSA) is 75.6 Å². The van der Waals surface area contributed by atoms with Crippen molar-refractivity contribution in [3.63, 3.8) is 0 Å². The minimum Gasteiger partial charge on any atom is -0.482 e. The minimum absolute atomic E-state index is 0.0229. The quantitative estimate of drug-likeness (QED) is 0.873. The number of amides is 1. The van der Waals surface area contributed by atoms with Gasteiger partial charge in [0.15, 0.2) is 6.61 Å². The Hall–Kier alpha value is -2.04. The monoisotopic (exact) mass is 263 g/mol. The molecule has 2 N–H and O–H groups in total. The van der Waals surface area contributed by atoms with Crippen LogP contribution in [0.3, 0.4) is 0 Å². The molecule has 102 valence electrons. The van der Waals surface area contributed by atoms with Crippen molar-refractivity contribution in [3.8, 4) is 5.75 Å². The number of rotatable bonds is 4. The molecule has 0 saturated heterocycles. The normalized spacial score (nSPS) is 15.4. The molecule has 19 heavy (non-hydrogen) atoms. The number of carboxylic acid groups (broad SMARTS) is 1. The molecule has 1 aromatic carbocycles. The molecule has 2 rings (SSSR count). The van der Waals surface area contributed by atoms with Crippen molar-refractivity contribution in [2.75, 3.05) is 11.9 Å². The maximum atomic E-state index is 11.3. The van der Waals surface area contributed by atoms with Gasteiger partial charge in [-0.25, -0.2) is 0 Å². The SMILES string of the molecule is CC(C)C(CC(=O)O)c1ccc2c(c1)NC(=O)CO2. The second-order valence-electron chi connectivity index (χ2n) is 5.04. The van der Waals surface area contributed by atoms with E-state index in [0.717, 1.165) is 5.56 Å². The van der Waals surface area contributed by atoms with Crippen molar-refractivity contribution in [1.82, 2.24) is 0 Å². The maximum Gasteiger partial charge on any atom is 0.303 e. The summed E-state index contributed by atoms with van der Waals surface area (Å²) in [5.74, 6) is -0.266. The lowest BCUT2D eigenvalue weighted by Crippen LogP contribution is -2.25. The van der Waals surface area contributed by atoms with Crippen molar-refractivity contribution in [2.45, 2.75) is 26.2 Å². The number of benzene rings is 1. The third-order valence-electron chi connectivity index (χ3n) is 3.26. The van der Waals surface area contributed by atoms with Crippen LogP contribution in [-0.4, -0.2) is 23.6 Å². The Labute approximate surface area is 111 Å². The molecule has 1 unspecified atom stereocenters. The Balaban J connectivity index is 2.31. The van der Waals surface area contributed by atoms with Gasteiger partial charge in [-0.2, -0.15) is 0 Å². The van der Waals surface area contributed by atoms with Crippen LogP contribution in [0.5, 0.6) is 5.75 Å². The summed E-state index contributed by atoms with van der Waals surface area (Å²) in [4.78, 5) is 22.2. The number of carbonyl (C=O) groups excluding carboxylic acids is 1. The van der Waals surface area contributed by atoms with Crippen LogP contribution in [-0.2, 0) is 9.59 Å². The molecule has 1 amide bonds. The number of ether oxygens (including phenoxy) is 1. The highest BCUT2D eigenvalue weighted by molar-refractivity contribution is 5.95. The van der Waals surface area contributed by atoms with Gasteiger partial charge in [0.25, 0.3) is 5.91 Å². The van der Waals surface area contributed by atoms with Crippen LogP contribution in [0.15, 0.2) is 18.2 Å². The summed E-state index contributed by atoms with van der Waals surface area (Å²) in [5.41, 5.74) is 1.52. The maximum absolute atomic E-state index is 11.3. The van der Waals surface area contributed by atoms with E-state index in [9.17, 15) is 9.59 Å². The van der Waals surface area contributed by atoms with Crippen LogP contribution in [0, 0.1) is 5.92 Å². The van der Waals surface area contributed by atoms with E-state index >= 15 is 0 Å². The molecule has 0 aliphatic carbocycles. The molecule has 5 nitrogen and oxygen atoms in total. The highest BCUT2D eigenvalue weighted by Crippen LogP contribution is 2.35. The summed E-state index contributed by atoms with van der Waals surface area (Å²) in [6.45, 7) is 4.00. The summed E-state index contributed by atoms with van der Waals surface area (Å²) in [7, 11) is 0. The predicted molar refractivity (Wildman–Crippen MR) is 70.4 cm³/mol. The molecule has 0 bridgehead atoms. The number of carbonyl (C=O) groups is 2. The number of nitrogens with one attached hydrogen (secondary N) is 1. The van der Waals surface area contributed by atoms with Crippen LogP contribution in [0.25, 0.3) is 0 Å². The molecule has 0 aromatic heterocycles. The number of carboxylic acids is 1. The Morgan fingerprint density at radius 2 is 2.21 bits per heavy atom. The van der Waals surface area contributed by atoms with E-state index in [2.05, 4.69) is 5.32 Å². The molecule has 0 radical (unpaired) electrons. The Morgan fingerprint density at radius 3 is 2.84 bits per heavy atom. The van der Waals surface area contributed by atoms with Gasteiger partial charge in [-0.1, -0.05) is 19.9 Å². The molecule has 5 heteroatoms. The van der Waals surface area contributed by atoms with E-state index in [4.69, 9.17) is 9.84 Å². The molecule has 0 fully saturated rings. The van der Waals surface area contributed by atoms with E-state index in [1.54, 1.807) is 12.1 Å². The second kappa shape index (κ2) is 5.30. The molecule has 1 heterocycles. The molecule has 1 atom stereocenters. The van der Waals surface area contributed by atoms with Gasteiger partial charge < -0.3 is 15.2 Å². The number of hydrogen-bond donors (Lipinski definition) is 2. The lowest BCUT2D eigenvalue weighted by atomic mass is 9.85. The second-order valence-corrected chi connectivity index (χ2v) is 5.04. The van der Waals surface area contributed by atoms with E-state index in [1.165, 1.54) is 0 Å². The van der Waals surface area contributed by atoms with Crippen LogP contribution >= 0.6 is 0 Å². The lowest BCUT2D eigenvalue weighted by Gasteiger charge is -2.23. The first-order valence-electron chi connectivity index (χ1n) is 6.25. The predicted octanol–water partition coefficient (Wildman–Crippen LogP) is 2.23. The smallest absolute Gasteiger partial charge is 0.303 e. The zero-order valence-corrected chi connectivity index (χ0v) is 11.0. The number of aliphatic carboxylic acids is 1. The average molecular weight is 263 g/mol. The molecule has 1 aliphatic heterocycles. The molecule has 1 aromatic rings. The van der Waals surface area contributed by atoms with Gasteiger partial charge in [0.05, 0.1) is 12.1 Å². The lowest BCUT2D eigenvalue weighted by molar-refractivity contribution is -0.137. The first kappa shape index (κ1) is 13.4. The first-order chi connectivity index (χ1) is 8.97. The third-order valence-corrected chi connectivity index (χ3v) is 3.26. The summed E-state index contributed by atoms with van der Waals surface area (Å²) >= 11 is 0. The molecule has 0 saturated carbocycles.